The van der Waals surface area contributed by atoms with Crippen molar-refractivity contribution < 1.29 is 14.7 Å². The summed E-state index contributed by atoms with van der Waals surface area (Å²) in [5.41, 5.74) is 5.83. The Morgan fingerprint density at radius 1 is 1.47 bits per heavy atom. The van der Waals surface area contributed by atoms with Gasteiger partial charge in [-0.25, -0.2) is 19.7 Å². The van der Waals surface area contributed by atoms with E-state index in [9.17, 15) is 9.59 Å². The Bertz CT molecular complexity index is 579. The molecule has 1 amide bonds. The van der Waals surface area contributed by atoms with E-state index in [-0.39, 0.29) is 6.42 Å². The van der Waals surface area contributed by atoms with Crippen molar-refractivity contribution in [1.82, 2.24) is 19.5 Å². The molecule has 1 unspecified atom stereocenters. The van der Waals surface area contributed by atoms with Crippen molar-refractivity contribution in [2.75, 3.05) is 0 Å². The molecule has 1 atom stereocenters. The van der Waals surface area contributed by atoms with Gasteiger partial charge in [-0.05, 0) is 0 Å². The molecule has 0 fully saturated rings. The second-order valence-corrected chi connectivity index (χ2v) is 3.41. The minimum absolute atomic E-state index is 0.315. The number of carbonyl (C=O) groups is 2. The molecule has 0 aliphatic carbocycles. The second kappa shape index (κ2) is 4.16. The van der Waals surface area contributed by atoms with Crippen LogP contribution in [0.5, 0.6) is 0 Å². The van der Waals surface area contributed by atoms with E-state index < -0.39 is 17.9 Å². The Balaban J connectivity index is 2.48. The van der Waals surface area contributed by atoms with Gasteiger partial charge in [0, 0.05) is 0 Å². The molecule has 0 aliphatic rings. The van der Waals surface area contributed by atoms with Crippen LogP contribution in [0.15, 0.2) is 18.9 Å². The number of rotatable bonds is 4. The number of carbonyl (C=O) groups excluding carboxylic acids is 1. The Morgan fingerprint density at radius 3 is 2.88 bits per heavy atom. The van der Waals surface area contributed by atoms with Crippen LogP contribution in [-0.4, -0.2) is 36.5 Å². The molecular weight excluding hydrogens is 226 g/mol. The first-order valence-electron chi connectivity index (χ1n) is 4.73. The Kier molecular flexibility index (Phi) is 2.69. The summed E-state index contributed by atoms with van der Waals surface area (Å²) in [6.45, 7) is 0. The zero-order valence-corrected chi connectivity index (χ0v) is 8.65. The highest BCUT2D eigenvalue weighted by atomic mass is 16.4. The highest BCUT2D eigenvalue weighted by Crippen LogP contribution is 2.17. The van der Waals surface area contributed by atoms with Crippen LogP contribution in [0.4, 0.5) is 0 Å². The van der Waals surface area contributed by atoms with E-state index in [1.54, 1.807) is 0 Å². The minimum Gasteiger partial charge on any atom is -0.480 e. The highest BCUT2D eigenvalue weighted by molar-refractivity contribution is 5.83. The molecule has 17 heavy (non-hydrogen) atoms. The third-order valence-electron chi connectivity index (χ3n) is 2.25. The van der Waals surface area contributed by atoms with Crippen LogP contribution >= 0.6 is 0 Å². The number of aromatic nitrogens is 4. The van der Waals surface area contributed by atoms with Crippen molar-refractivity contribution >= 4 is 23.0 Å². The van der Waals surface area contributed by atoms with Crippen LogP contribution in [-0.2, 0) is 9.59 Å². The number of nitrogens with two attached hydrogens (primary N) is 1. The molecule has 2 aromatic heterocycles. The van der Waals surface area contributed by atoms with Gasteiger partial charge < -0.3 is 15.4 Å². The van der Waals surface area contributed by atoms with Crippen LogP contribution < -0.4 is 5.73 Å². The SMILES string of the molecule is NC(=O)CC(C(=O)O)n1cnc2cncnc21. The lowest BCUT2D eigenvalue weighted by atomic mass is 10.2. The number of amides is 1. The van der Waals surface area contributed by atoms with E-state index in [1.165, 1.54) is 23.4 Å². The van der Waals surface area contributed by atoms with E-state index in [2.05, 4.69) is 15.0 Å². The molecule has 2 rings (SSSR count). The third-order valence-corrected chi connectivity index (χ3v) is 2.25. The van der Waals surface area contributed by atoms with Crippen molar-refractivity contribution in [3.05, 3.63) is 18.9 Å². The molecule has 3 N–H and O–H groups in total. The van der Waals surface area contributed by atoms with Crippen LogP contribution in [0, 0.1) is 0 Å². The zero-order chi connectivity index (χ0) is 12.4. The number of hydrogen-bond donors (Lipinski definition) is 2. The topological polar surface area (TPSA) is 124 Å². The first-order chi connectivity index (χ1) is 8.09. The second-order valence-electron chi connectivity index (χ2n) is 3.41. The number of aliphatic carboxylic acids is 1. The average molecular weight is 235 g/mol. The standard InChI is InChI=1S/C9H9N5O3/c10-7(15)1-6(9(16)17)14-4-13-5-2-11-3-12-8(5)14/h2-4,6H,1H2,(H2,10,15)(H,16,17). The number of primary amides is 1. The molecule has 0 aromatic carbocycles. The van der Waals surface area contributed by atoms with Gasteiger partial charge in [0.2, 0.25) is 5.91 Å². The number of fused-ring (bicyclic) bond motifs is 1. The van der Waals surface area contributed by atoms with Crippen molar-refractivity contribution in [1.29, 1.82) is 0 Å². The summed E-state index contributed by atoms with van der Waals surface area (Å²) >= 11 is 0. The zero-order valence-electron chi connectivity index (χ0n) is 8.65. The number of carboxylic acid groups (broad SMARTS) is 1. The molecule has 2 aromatic rings. The number of carboxylic acids is 1. The predicted octanol–water partition coefficient (Wildman–Crippen LogP) is -0.673. The quantitative estimate of drug-likeness (QED) is 0.723. The fraction of sp³-hybridized carbons (Fsp3) is 0.222. The molecule has 0 bridgehead atoms. The largest absolute Gasteiger partial charge is 0.480 e. The van der Waals surface area contributed by atoms with Crippen LogP contribution in [0.3, 0.4) is 0 Å². The molecule has 0 aliphatic heterocycles. The van der Waals surface area contributed by atoms with Gasteiger partial charge in [-0.1, -0.05) is 0 Å². The summed E-state index contributed by atoms with van der Waals surface area (Å²) in [6.07, 6.45) is 3.73. The van der Waals surface area contributed by atoms with Crippen LogP contribution in [0.25, 0.3) is 11.2 Å². The van der Waals surface area contributed by atoms with Gasteiger partial charge in [-0.2, -0.15) is 0 Å². The molecule has 0 spiro atoms. The van der Waals surface area contributed by atoms with Gasteiger partial charge in [0.25, 0.3) is 0 Å². The molecule has 88 valence electrons. The predicted molar refractivity (Wildman–Crippen MR) is 55.8 cm³/mol. The van der Waals surface area contributed by atoms with Crippen molar-refractivity contribution in [3.8, 4) is 0 Å². The fourth-order valence-corrected chi connectivity index (χ4v) is 1.51. The number of hydrogen-bond acceptors (Lipinski definition) is 5. The fourth-order valence-electron chi connectivity index (χ4n) is 1.51. The van der Waals surface area contributed by atoms with Crippen molar-refractivity contribution in [3.63, 3.8) is 0 Å². The smallest absolute Gasteiger partial charge is 0.327 e. The van der Waals surface area contributed by atoms with Gasteiger partial charge in [0.05, 0.1) is 18.9 Å². The number of imidazole rings is 1. The van der Waals surface area contributed by atoms with E-state index in [0.29, 0.717) is 11.2 Å². The summed E-state index contributed by atoms with van der Waals surface area (Å²) in [7, 11) is 0. The summed E-state index contributed by atoms with van der Waals surface area (Å²) in [4.78, 5) is 33.6. The molecule has 2 heterocycles. The maximum absolute atomic E-state index is 11.1. The van der Waals surface area contributed by atoms with Gasteiger partial charge in [0.1, 0.15) is 17.9 Å². The van der Waals surface area contributed by atoms with Crippen LogP contribution in [0.1, 0.15) is 12.5 Å². The maximum atomic E-state index is 11.1. The van der Waals surface area contributed by atoms with Gasteiger partial charge in [0.15, 0.2) is 5.65 Å². The lowest BCUT2D eigenvalue weighted by Crippen LogP contribution is -2.25. The van der Waals surface area contributed by atoms with Crippen molar-refractivity contribution in [2.45, 2.75) is 12.5 Å². The summed E-state index contributed by atoms with van der Waals surface area (Å²) in [6, 6.07) is -1.10. The minimum atomic E-state index is -1.17. The first kappa shape index (κ1) is 11.0. The maximum Gasteiger partial charge on any atom is 0.327 e. The van der Waals surface area contributed by atoms with Gasteiger partial charge >= 0.3 is 5.97 Å². The van der Waals surface area contributed by atoms with Gasteiger partial charge in [-0.3, -0.25) is 4.79 Å². The number of nitrogens with zero attached hydrogens (tertiary/aromatic N) is 4. The summed E-state index contributed by atoms with van der Waals surface area (Å²) in [5.74, 6) is -1.87. The van der Waals surface area contributed by atoms with Gasteiger partial charge in [-0.15, -0.1) is 0 Å². The lowest BCUT2D eigenvalue weighted by Gasteiger charge is -2.11. The van der Waals surface area contributed by atoms with Crippen molar-refractivity contribution in [2.24, 2.45) is 5.73 Å². The van der Waals surface area contributed by atoms with E-state index in [1.807, 2.05) is 0 Å². The average Bonchev–Trinajstić information content (AvgIpc) is 2.69. The first-order valence-corrected chi connectivity index (χ1v) is 4.73. The van der Waals surface area contributed by atoms with E-state index in [4.69, 9.17) is 10.8 Å². The molecular formula is C9H9N5O3. The molecule has 8 heteroatoms. The highest BCUT2D eigenvalue weighted by Gasteiger charge is 2.24. The Hall–Kier alpha value is -2.51. The monoisotopic (exact) mass is 235 g/mol. The van der Waals surface area contributed by atoms with E-state index in [0.717, 1.165) is 0 Å². The summed E-state index contributed by atoms with van der Waals surface area (Å²) < 4.78 is 1.30. The molecule has 0 saturated carbocycles. The summed E-state index contributed by atoms with van der Waals surface area (Å²) in [5, 5.41) is 9.05. The van der Waals surface area contributed by atoms with Crippen LogP contribution in [0.2, 0.25) is 0 Å². The Labute approximate surface area is 95.1 Å². The molecule has 0 saturated heterocycles. The Morgan fingerprint density at radius 2 is 2.24 bits per heavy atom. The lowest BCUT2D eigenvalue weighted by molar-refractivity contribution is -0.142. The normalized spacial score (nSPS) is 12.5. The third kappa shape index (κ3) is 2.05. The molecule has 0 radical (unpaired) electrons. The van der Waals surface area contributed by atoms with E-state index >= 15 is 0 Å². The molecule has 8 nitrogen and oxygen atoms in total.